The molecular formula is C60H54N4O6+2. The van der Waals surface area contributed by atoms with Gasteiger partial charge in [-0.1, -0.05) is 87.4 Å². The van der Waals surface area contributed by atoms with Crippen molar-refractivity contribution in [2.75, 3.05) is 13.1 Å². The molecule has 10 rings (SSSR count). The maximum absolute atomic E-state index is 14.3. The predicted molar refractivity (Wildman–Crippen MR) is 276 cm³/mol. The van der Waals surface area contributed by atoms with Crippen molar-refractivity contribution in [2.45, 2.75) is 78.1 Å². The molecule has 348 valence electrons. The zero-order valence-corrected chi connectivity index (χ0v) is 40.2. The fourth-order valence-electron chi connectivity index (χ4n) is 10.9. The number of nitrogens with zero attached hydrogens (tertiary/aromatic N) is 4. The van der Waals surface area contributed by atoms with E-state index in [1.54, 1.807) is 18.2 Å². The third-order valence-electron chi connectivity index (χ3n) is 14.7. The second-order valence-electron chi connectivity index (χ2n) is 19.7. The number of nitriles is 1. The Kier molecular flexibility index (Phi) is 11.1. The number of para-hydroxylation sites is 2. The lowest BCUT2D eigenvalue weighted by atomic mass is 9.77. The summed E-state index contributed by atoms with van der Waals surface area (Å²) in [6.07, 6.45) is 8.98. The lowest BCUT2D eigenvalue weighted by molar-refractivity contribution is -0.438. The number of unbranched alkanes of at least 4 members (excludes halogenated alkanes) is 2. The monoisotopic (exact) mass is 926 g/mol. The third-order valence-corrected chi connectivity index (χ3v) is 14.7. The Balaban J connectivity index is 1.09. The molecule has 0 fully saturated rings. The summed E-state index contributed by atoms with van der Waals surface area (Å²) in [6, 6.07) is 36.7. The first-order chi connectivity index (χ1) is 33.6. The van der Waals surface area contributed by atoms with Crippen LogP contribution in [0.4, 0.5) is 11.4 Å². The highest BCUT2D eigenvalue weighted by molar-refractivity contribution is 6.41. The van der Waals surface area contributed by atoms with Gasteiger partial charge in [-0.25, -0.2) is 4.79 Å². The Bertz CT molecular complexity index is 3400. The van der Waals surface area contributed by atoms with E-state index in [9.17, 15) is 35.0 Å². The summed E-state index contributed by atoms with van der Waals surface area (Å²) in [5.41, 5.74) is 10.1. The smallest absolute Gasteiger partial charge is 0.346 e. The fourth-order valence-corrected chi connectivity index (χ4v) is 10.9. The molecule has 4 aliphatic rings. The molecule has 2 aliphatic carbocycles. The third kappa shape index (κ3) is 7.02. The molecule has 3 heterocycles. The zero-order valence-electron chi connectivity index (χ0n) is 40.2. The number of carboxylic acids is 1. The molecule has 2 aliphatic heterocycles. The highest BCUT2D eigenvalue weighted by Crippen LogP contribution is 2.46. The minimum atomic E-state index is -1.32. The van der Waals surface area contributed by atoms with Crippen molar-refractivity contribution in [1.82, 2.24) is 4.57 Å². The van der Waals surface area contributed by atoms with Gasteiger partial charge in [0.1, 0.15) is 36.3 Å². The van der Waals surface area contributed by atoms with Crippen molar-refractivity contribution in [3.8, 4) is 11.8 Å². The van der Waals surface area contributed by atoms with Crippen LogP contribution in [0.3, 0.4) is 0 Å². The lowest BCUT2D eigenvalue weighted by Gasteiger charge is -2.23. The molecule has 5 aromatic carbocycles. The lowest BCUT2D eigenvalue weighted by Crippen LogP contribution is -2.31. The zero-order chi connectivity index (χ0) is 49.4. The maximum Gasteiger partial charge on any atom is 0.346 e. The number of rotatable bonds is 13. The van der Waals surface area contributed by atoms with Gasteiger partial charge in [-0.2, -0.15) is 14.4 Å². The molecule has 1 aromatic heterocycles. The number of Topliss-reactive ketones (excluding diaryl/α,β-unsaturated/α-hetero) is 2. The van der Waals surface area contributed by atoms with Crippen molar-refractivity contribution in [3.05, 3.63) is 177 Å². The molecule has 0 radical (unpaired) electrons. The first-order valence-corrected chi connectivity index (χ1v) is 24.1. The second kappa shape index (κ2) is 17.1. The number of fused-ring (bicyclic) bond motifs is 5. The van der Waals surface area contributed by atoms with E-state index in [1.807, 2.05) is 89.5 Å². The van der Waals surface area contributed by atoms with E-state index in [1.165, 1.54) is 17.2 Å². The Morgan fingerprint density at radius 2 is 1.10 bits per heavy atom. The molecule has 10 heteroatoms. The highest BCUT2D eigenvalue weighted by atomic mass is 16.4. The normalized spacial score (nSPS) is 18.3. The first-order valence-electron chi connectivity index (χ1n) is 24.1. The van der Waals surface area contributed by atoms with Gasteiger partial charge in [-0.3, -0.25) is 9.59 Å². The van der Waals surface area contributed by atoms with Crippen LogP contribution in [0.15, 0.2) is 150 Å². The number of aromatic nitrogens is 1. The Labute approximate surface area is 406 Å². The van der Waals surface area contributed by atoms with E-state index in [0.29, 0.717) is 16.7 Å². The number of carbonyl (C=O) groups is 3. The van der Waals surface area contributed by atoms with Gasteiger partial charge in [-0.05, 0) is 86.9 Å². The minimum Gasteiger partial charge on any atom is -0.506 e. The summed E-state index contributed by atoms with van der Waals surface area (Å²) in [4.78, 5) is 40.2. The summed E-state index contributed by atoms with van der Waals surface area (Å²) in [5, 5.41) is 43.9. The van der Waals surface area contributed by atoms with Crippen LogP contribution in [-0.4, -0.2) is 71.1 Å². The van der Waals surface area contributed by atoms with Crippen molar-refractivity contribution in [3.63, 3.8) is 0 Å². The van der Waals surface area contributed by atoms with Crippen LogP contribution in [0.5, 0.6) is 0 Å². The van der Waals surface area contributed by atoms with E-state index in [0.717, 1.165) is 89.1 Å². The molecule has 10 nitrogen and oxygen atoms in total. The van der Waals surface area contributed by atoms with Gasteiger partial charge in [0, 0.05) is 64.7 Å². The van der Waals surface area contributed by atoms with Crippen LogP contribution in [0, 0.1) is 11.3 Å². The van der Waals surface area contributed by atoms with Crippen LogP contribution in [-0.2, 0) is 25.2 Å². The van der Waals surface area contributed by atoms with Crippen LogP contribution in [0.2, 0.25) is 0 Å². The average molecular weight is 927 g/mol. The molecule has 0 saturated carbocycles. The number of aliphatic carboxylic acids is 1. The maximum atomic E-state index is 14.3. The van der Waals surface area contributed by atoms with E-state index >= 15 is 0 Å². The summed E-state index contributed by atoms with van der Waals surface area (Å²) < 4.78 is 6.57. The first kappa shape index (κ1) is 45.6. The van der Waals surface area contributed by atoms with Crippen molar-refractivity contribution in [1.29, 1.82) is 5.26 Å². The summed E-state index contributed by atoms with van der Waals surface area (Å²) in [7, 11) is 0. The minimum absolute atomic E-state index is 0.0701. The summed E-state index contributed by atoms with van der Waals surface area (Å²) in [5.74, 6) is -1.97. The number of hydrogen-bond acceptors (Lipinski definition) is 6. The quantitative estimate of drug-likeness (QED) is 0.0593. The molecule has 3 N–H and O–H groups in total. The number of ketones is 2. The number of carbonyl (C=O) groups excluding carboxylic acids is 2. The van der Waals surface area contributed by atoms with Crippen LogP contribution in [0.1, 0.15) is 95.0 Å². The van der Waals surface area contributed by atoms with Gasteiger partial charge >= 0.3 is 5.97 Å². The molecule has 0 spiro atoms. The van der Waals surface area contributed by atoms with Crippen molar-refractivity contribution < 1.29 is 38.9 Å². The average Bonchev–Trinajstić information content (AvgIpc) is 3.87. The Morgan fingerprint density at radius 1 is 0.657 bits per heavy atom. The van der Waals surface area contributed by atoms with Crippen molar-refractivity contribution in [2.24, 2.45) is 0 Å². The molecule has 0 saturated heterocycles. The topological polar surface area (TPSA) is 147 Å². The molecule has 0 unspecified atom stereocenters. The van der Waals surface area contributed by atoms with E-state index in [4.69, 9.17) is 0 Å². The van der Waals surface area contributed by atoms with Gasteiger partial charge in [-0.15, -0.1) is 0 Å². The fraction of sp³-hybridized carbons (Fsp3) is 0.233. The number of aliphatic hydroxyl groups is 2. The predicted octanol–water partition coefficient (Wildman–Crippen LogP) is 12.1. The van der Waals surface area contributed by atoms with E-state index < -0.39 is 16.8 Å². The number of carboxylic acid groups (broad SMARTS) is 1. The van der Waals surface area contributed by atoms with Gasteiger partial charge in [0.15, 0.2) is 11.4 Å². The SMILES string of the molecule is CCCC[N+]1=C(/C=C2/C(=O)C(c3ccc4c(c3)c3cc(C5=C(O)/C(=C\C6=[N+](CCCC)c7ccccc7C6(C)C)C5=O)ccc3n4-c3ccc(/C=C(/C#N)C(=O)O)cc3)=C2O)C(C)(C)c2ccccc21. The standard InChI is InChI=1S/C60H52N4O6/c1-7-9-27-62-48-17-13-11-15-44(48)59(3,4)50(62)32-42-54(65)52(55(42)66)36-21-25-46-40(30-36)41-31-37(22-26-47(41)64(46)39-23-19-35(20-24-39)29-38(34-61)58(69)70)53-56(67)43(57(53)68)33-51-60(5,6)45-16-12-14-18-49(45)63(51)28-10-8-2/h11-26,29-33H,7-10,27-28H2,1-6H3,(H-2,65,66,67,68,69,70)/p+2/b38-29-. The molecule has 0 atom stereocenters. The van der Waals surface area contributed by atoms with E-state index in [2.05, 4.69) is 75.0 Å². The molecule has 0 bridgehead atoms. The molecule has 6 aromatic rings. The van der Waals surface area contributed by atoms with E-state index in [-0.39, 0.29) is 51.0 Å². The van der Waals surface area contributed by atoms with Gasteiger partial charge in [0.05, 0.1) is 44.2 Å². The van der Waals surface area contributed by atoms with Gasteiger partial charge in [0.2, 0.25) is 22.9 Å². The van der Waals surface area contributed by atoms with Crippen LogP contribution >= 0.6 is 0 Å². The van der Waals surface area contributed by atoms with Crippen LogP contribution < -0.4 is 0 Å². The Morgan fingerprint density at radius 3 is 1.50 bits per heavy atom. The highest BCUT2D eigenvalue weighted by Gasteiger charge is 2.48. The summed E-state index contributed by atoms with van der Waals surface area (Å²) in [6.45, 7) is 14.5. The molecule has 0 amide bonds. The second-order valence-corrected chi connectivity index (χ2v) is 19.7. The van der Waals surface area contributed by atoms with Gasteiger partial charge in [0.25, 0.3) is 0 Å². The number of benzene rings is 5. The Hall–Kier alpha value is -8.16. The van der Waals surface area contributed by atoms with Gasteiger partial charge < -0.3 is 19.9 Å². The van der Waals surface area contributed by atoms with Crippen LogP contribution in [0.25, 0.3) is 44.7 Å². The molecule has 70 heavy (non-hydrogen) atoms. The summed E-state index contributed by atoms with van der Waals surface area (Å²) >= 11 is 0. The van der Waals surface area contributed by atoms with Crippen molar-refractivity contribution >= 4 is 79.4 Å². The number of allylic oxidation sites excluding steroid dienone is 6. The largest absolute Gasteiger partial charge is 0.506 e. The number of aliphatic hydroxyl groups excluding tert-OH is 2. The number of hydrogen-bond donors (Lipinski definition) is 3. The molecular weight excluding hydrogens is 873 g/mol.